The summed E-state index contributed by atoms with van der Waals surface area (Å²) in [5.41, 5.74) is 2.56. The first kappa shape index (κ1) is 17.3. The molecule has 5 heteroatoms. The van der Waals surface area contributed by atoms with Crippen molar-refractivity contribution in [3.8, 4) is 11.3 Å². The number of alkyl halides is 4. The minimum Gasteiger partial charge on any atom is -0.253 e. The van der Waals surface area contributed by atoms with Crippen LogP contribution >= 0.6 is 11.6 Å². The van der Waals surface area contributed by atoms with Gasteiger partial charge in [-0.15, -0.1) is 11.6 Å². The van der Waals surface area contributed by atoms with Gasteiger partial charge >= 0.3 is 6.18 Å². The standard InChI is InChI=1S/C19H19ClF3N/c1-12-16(18(20)14-4-2-3-5-14)10-11-17(24-12)13-6-8-15(9-7-13)19(21,22)23/h6-11,14,18H,2-5H2,1H3. The van der Waals surface area contributed by atoms with Gasteiger partial charge in [-0.05, 0) is 49.4 Å². The third kappa shape index (κ3) is 3.59. The number of benzene rings is 1. The molecule has 128 valence electrons. The van der Waals surface area contributed by atoms with E-state index in [1.165, 1.54) is 25.0 Å². The zero-order valence-corrected chi connectivity index (χ0v) is 14.2. The van der Waals surface area contributed by atoms with Crippen molar-refractivity contribution in [2.75, 3.05) is 0 Å². The Morgan fingerprint density at radius 2 is 1.67 bits per heavy atom. The zero-order chi connectivity index (χ0) is 17.3. The van der Waals surface area contributed by atoms with Gasteiger partial charge in [-0.3, -0.25) is 4.98 Å². The lowest BCUT2D eigenvalue weighted by Gasteiger charge is -2.19. The third-order valence-corrected chi connectivity index (χ3v) is 5.34. The number of hydrogen-bond donors (Lipinski definition) is 0. The quantitative estimate of drug-likeness (QED) is 0.570. The van der Waals surface area contributed by atoms with E-state index in [-0.39, 0.29) is 5.38 Å². The van der Waals surface area contributed by atoms with Gasteiger partial charge in [0.05, 0.1) is 16.6 Å². The van der Waals surface area contributed by atoms with Crippen molar-refractivity contribution in [1.82, 2.24) is 4.98 Å². The van der Waals surface area contributed by atoms with Crippen molar-refractivity contribution in [2.45, 2.75) is 44.2 Å². The molecule has 1 unspecified atom stereocenters. The highest BCUT2D eigenvalue weighted by Crippen LogP contribution is 2.41. The van der Waals surface area contributed by atoms with Crippen LogP contribution in [0.1, 0.15) is 47.9 Å². The highest BCUT2D eigenvalue weighted by atomic mass is 35.5. The normalized spacial score (nSPS) is 17.2. The summed E-state index contributed by atoms with van der Waals surface area (Å²) in [6, 6.07) is 8.89. The van der Waals surface area contributed by atoms with Crippen LogP contribution in [0.15, 0.2) is 36.4 Å². The summed E-state index contributed by atoms with van der Waals surface area (Å²) in [6.07, 6.45) is 0.426. The molecule has 3 rings (SSSR count). The highest BCUT2D eigenvalue weighted by Gasteiger charge is 2.30. The first-order valence-electron chi connectivity index (χ1n) is 8.15. The number of nitrogens with zero attached hydrogens (tertiary/aromatic N) is 1. The molecule has 1 aromatic carbocycles. The van der Waals surface area contributed by atoms with E-state index in [1.54, 1.807) is 0 Å². The molecule has 1 nitrogen and oxygen atoms in total. The van der Waals surface area contributed by atoms with Gasteiger partial charge in [0.15, 0.2) is 0 Å². The molecule has 0 saturated heterocycles. The maximum absolute atomic E-state index is 12.6. The number of halogens is 4. The number of aryl methyl sites for hydroxylation is 1. The molecule has 1 heterocycles. The molecule has 0 aliphatic heterocycles. The molecule has 1 fully saturated rings. The topological polar surface area (TPSA) is 12.9 Å². The van der Waals surface area contributed by atoms with Crippen molar-refractivity contribution < 1.29 is 13.2 Å². The van der Waals surface area contributed by atoms with Gasteiger partial charge < -0.3 is 0 Å². The van der Waals surface area contributed by atoms with Crippen LogP contribution in [0.5, 0.6) is 0 Å². The number of rotatable bonds is 3. The van der Waals surface area contributed by atoms with E-state index in [2.05, 4.69) is 4.98 Å². The molecule has 1 atom stereocenters. The Morgan fingerprint density at radius 3 is 2.21 bits per heavy atom. The molecule has 0 spiro atoms. The second kappa shape index (κ2) is 6.75. The maximum Gasteiger partial charge on any atom is 0.416 e. The fraction of sp³-hybridized carbons (Fsp3) is 0.421. The second-order valence-corrected chi connectivity index (χ2v) is 6.86. The minimum atomic E-state index is -4.32. The monoisotopic (exact) mass is 353 g/mol. The lowest BCUT2D eigenvalue weighted by molar-refractivity contribution is -0.137. The summed E-state index contributed by atoms with van der Waals surface area (Å²) in [4.78, 5) is 4.56. The first-order chi connectivity index (χ1) is 11.4. The maximum atomic E-state index is 12.6. The average Bonchev–Trinajstić information content (AvgIpc) is 3.08. The van der Waals surface area contributed by atoms with Crippen molar-refractivity contribution in [2.24, 2.45) is 5.92 Å². The SMILES string of the molecule is Cc1nc(-c2ccc(C(F)(F)F)cc2)ccc1C(Cl)C1CCCC1. The van der Waals surface area contributed by atoms with Crippen LogP contribution in [0.4, 0.5) is 13.2 Å². The first-order valence-corrected chi connectivity index (χ1v) is 8.59. The Labute approximate surface area is 144 Å². The van der Waals surface area contributed by atoms with E-state index in [0.29, 0.717) is 17.2 Å². The molecule has 0 amide bonds. The summed E-state index contributed by atoms with van der Waals surface area (Å²) in [5, 5.41) is -0.0401. The van der Waals surface area contributed by atoms with Crippen LogP contribution in [0.25, 0.3) is 11.3 Å². The summed E-state index contributed by atoms with van der Waals surface area (Å²) >= 11 is 6.62. The lowest BCUT2D eigenvalue weighted by atomic mass is 9.95. The van der Waals surface area contributed by atoms with Gasteiger partial charge in [-0.25, -0.2) is 0 Å². The summed E-state index contributed by atoms with van der Waals surface area (Å²) in [6.45, 7) is 1.91. The molecule has 1 aromatic heterocycles. The third-order valence-electron chi connectivity index (χ3n) is 4.75. The second-order valence-electron chi connectivity index (χ2n) is 6.39. The molecular weight excluding hydrogens is 335 g/mol. The van der Waals surface area contributed by atoms with Crippen LogP contribution in [-0.2, 0) is 6.18 Å². The molecule has 1 saturated carbocycles. The highest BCUT2D eigenvalue weighted by molar-refractivity contribution is 6.21. The summed E-state index contributed by atoms with van der Waals surface area (Å²) in [5.74, 6) is 0.490. The van der Waals surface area contributed by atoms with E-state index in [4.69, 9.17) is 11.6 Å². The minimum absolute atomic E-state index is 0.0401. The molecule has 24 heavy (non-hydrogen) atoms. The number of hydrogen-bond acceptors (Lipinski definition) is 1. The molecule has 2 aromatic rings. The van der Waals surface area contributed by atoms with Crippen molar-refractivity contribution >= 4 is 11.6 Å². The predicted molar refractivity (Wildman–Crippen MR) is 90.0 cm³/mol. The van der Waals surface area contributed by atoms with E-state index < -0.39 is 11.7 Å². The van der Waals surface area contributed by atoms with Crippen LogP contribution in [-0.4, -0.2) is 4.98 Å². The van der Waals surface area contributed by atoms with Gasteiger partial charge in [0.2, 0.25) is 0 Å². The van der Waals surface area contributed by atoms with E-state index in [1.807, 2.05) is 19.1 Å². The van der Waals surface area contributed by atoms with Gasteiger partial charge in [0.25, 0.3) is 0 Å². The lowest BCUT2D eigenvalue weighted by Crippen LogP contribution is -2.07. The smallest absolute Gasteiger partial charge is 0.253 e. The Hall–Kier alpha value is -1.55. The number of pyridine rings is 1. The van der Waals surface area contributed by atoms with Crippen molar-refractivity contribution in [1.29, 1.82) is 0 Å². The van der Waals surface area contributed by atoms with Gasteiger partial charge in [0.1, 0.15) is 0 Å². The van der Waals surface area contributed by atoms with E-state index in [9.17, 15) is 13.2 Å². The fourth-order valence-electron chi connectivity index (χ4n) is 3.36. The average molecular weight is 354 g/mol. The zero-order valence-electron chi connectivity index (χ0n) is 13.4. The van der Waals surface area contributed by atoms with Crippen molar-refractivity contribution in [3.63, 3.8) is 0 Å². The molecule has 1 aliphatic carbocycles. The van der Waals surface area contributed by atoms with Crippen LogP contribution in [0.3, 0.4) is 0 Å². The Kier molecular flexibility index (Phi) is 4.86. The van der Waals surface area contributed by atoms with E-state index >= 15 is 0 Å². The van der Waals surface area contributed by atoms with Crippen LogP contribution in [0, 0.1) is 12.8 Å². The Balaban J connectivity index is 1.84. The van der Waals surface area contributed by atoms with Crippen LogP contribution < -0.4 is 0 Å². The largest absolute Gasteiger partial charge is 0.416 e. The van der Waals surface area contributed by atoms with Crippen LogP contribution in [0.2, 0.25) is 0 Å². The van der Waals surface area contributed by atoms with Gasteiger partial charge in [-0.2, -0.15) is 13.2 Å². The summed E-state index contributed by atoms with van der Waals surface area (Å²) in [7, 11) is 0. The van der Waals surface area contributed by atoms with Gasteiger partial charge in [-0.1, -0.05) is 31.0 Å². The van der Waals surface area contributed by atoms with E-state index in [0.717, 1.165) is 36.2 Å². The predicted octanol–water partition coefficient (Wildman–Crippen LogP) is 6.55. The molecule has 0 bridgehead atoms. The molecule has 0 radical (unpaired) electrons. The molecular formula is C19H19ClF3N. The Morgan fingerprint density at radius 1 is 1.04 bits per heavy atom. The van der Waals surface area contributed by atoms with Crippen molar-refractivity contribution in [3.05, 3.63) is 53.2 Å². The Bertz CT molecular complexity index is 704. The molecule has 1 aliphatic rings. The fourth-order valence-corrected chi connectivity index (χ4v) is 3.84. The summed E-state index contributed by atoms with van der Waals surface area (Å²) < 4.78 is 37.9. The van der Waals surface area contributed by atoms with Gasteiger partial charge in [0, 0.05) is 11.3 Å². The molecule has 0 N–H and O–H groups in total. The number of aromatic nitrogens is 1.